The van der Waals surface area contributed by atoms with Gasteiger partial charge in [0.1, 0.15) is 11.9 Å². The molecule has 3 amide bonds. The summed E-state index contributed by atoms with van der Waals surface area (Å²) in [6.07, 6.45) is 5.32. The van der Waals surface area contributed by atoms with E-state index in [1.165, 1.54) is 12.1 Å². The molecule has 12 nitrogen and oxygen atoms in total. The Kier molecular flexibility index (Phi) is 13.9. The van der Waals surface area contributed by atoms with Crippen LogP contribution in [0.25, 0.3) is 22.5 Å². The fourth-order valence-electron chi connectivity index (χ4n) is 7.45. The zero-order valence-corrected chi connectivity index (χ0v) is 31.9. The van der Waals surface area contributed by atoms with Gasteiger partial charge in [-0.1, -0.05) is 30.3 Å². The van der Waals surface area contributed by atoms with E-state index in [1.807, 2.05) is 49.4 Å². The zero-order chi connectivity index (χ0) is 37.5. The Morgan fingerprint density at radius 1 is 0.944 bits per heavy atom. The van der Waals surface area contributed by atoms with E-state index in [1.54, 1.807) is 6.07 Å². The number of piperidine rings is 1. The number of amides is 3. The number of nitrogens with zero attached hydrogens (tertiary/aromatic N) is 4. The Bertz CT molecular complexity index is 1870. The number of likely N-dealkylation sites (tertiary alicyclic amines) is 1. The molecule has 288 valence electrons. The molecule has 0 unspecified atom stereocenters. The number of tetrazole rings is 1. The van der Waals surface area contributed by atoms with Crippen LogP contribution in [-0.2, 0) is 16.0 Å². The van der Waals surface area contributed by atoms with Crippen molar-refractivity contribution in [2.24, 2.45) is 17.6 Å². The predicted octanol–water partition coefficient (Wildman–Crippen LogP) is 5.44. The number of nitrogens with two attached hydrogens (primary N) is 1. The van der Waals surface area contributed by atoms with Crippen LogP contribution in [0.1, 0.15) is 73.9 Å². The van der Waals surface area contributed by atoms with E-state index in [0.29, 0.717) is 24.1 Å². The molecule has 2 aliphatic rings. The highest BCUT2D eigenvalue weighted by atomic mass is 35.5. The average molecular weight is 760 g/mol. The number of benzene rings is 3. The third-order valence-electron chi connectivity index (χ3n) is 10.8. The van der Waals surface area contributed by atoms with Crippen molar-refractivity contribution in [1.82, 2.24) is 36.2 Å². The van der Waals surface area contributed by atoms with Gasteiger partial charge in [0.05, 0.1) is 5.56 Å². The number of nitrogens with one attached hydrogen (secondary N) is 4. The molecule has 2 fully saturated rings. The van der Waals surface area contributed by atoms with Gasteiger partial charge < -0.3 is 26.6 Å². The second-order valence-corrected chi connectivity index (χ2v) is 14.7. The maximum absolute atomic E-state index is 14.9. The molecule has 1 saturated carbocycles. The lowest BCUT2D eigenvalue weighted by Gasteiger charge is -2.34. The first-order valence-corrected chi connectivity index (χ1v) is 18.7. The number of aromatic nitrogens is 4. The van der Waals surface area contributed by atoms with Crippen LogP contribution in [0.3, 0.4) is 0 Å². The third-order valence-corrected chi connectivity index (χ3v) is 10.8. The Morgan fingerprint density at radius 3 is 2.26 bits per heavy atom. The maximum atomic E-state index is 14.9. The number of carbonyl (C=O) groups excluding carboxylic acids is 3. The highest BCUT2D eigenvalue weighted by molar-refractivity contribution is 5.98. The van der Waals surface area contributed by atoms with Crippen molar-refractivity contribution in [1.29, 1.82) is 0 Å². The van der Waals surface area contributed by atoms with Gasteiger partial charge in [-0.25, -0.2) is 4.39 Å². The fourth-order valence-corrected chi connectivity index (χ4v) is 7.45. The summed E-state index contributed by atoms with van der Waals surface area (Å²) >= 11 is 0. The van der Waals surface area contributed by atoms with Gasteiger partial charge in [0.25, 0.3) is 5.91 Å². The van der Waals surface area contributed by atoms with Crippen LogP contribution in [0.2, 0.25) is 0 Å². The van der Waals surface area contributed by atoms with Crippen molar-refractivity contribution in [3.63, 3.8) is 0 Å². The van der Waals surface area contributed by atoms with Gasteiger partial charge in [-0.05, 0) is 130 Å². The minimum atomic E-state index is -0.905. The van der Waals surface area contributed by atoms with Crippen LogP contribution in [0.5, 0.6) is 0 Å². The average Bonchev–Trinajstić information content (AvgIpc) is 3.70. The standard InChI is InChI=1S/C40H50FN9O3.ClH/c1-24(2)50-18-16-31(17-19-50)43-39(52)30-12-14-33(25(3)20-30)28-8-4-26(5-9-28)21-36(45-38(51)29-10-6-27(23-42)7-11-29)40(53)44-32-13-15-34(35(41)22-32)37-46-48-49-47-37;/h4-5,8-9,12-15,20,22,24,27,29,31,36H,6-7,10-11,16-19,21,23,42H2,1-3H3,(H,43,52)(H,44,53)(H,45,51)(H,46,47,48,49);1H/t27-,29-,36-;/m0./s1. The van der Waals surface area contributed by atoms with Gasteiger partial charge in [0, 0.05) is 48.8 Å². The van der Waals surface area contributed by atoms with E-state index in [2.05, 4.69) is 55.3 Å². The molecule has 6 rings (SSSR count). The summed E-state index contributed by atoms with van der Waals surface area (Å²) in [6, 6.07) is 17.6. The Labute approximate surface area is 322 Å². The molecule has 0 radical (unpaired) electrons. The largest absolute Gasteiger partial charge is 0.349 e. The molecule has 1 aliphatic carbocycles. The SMILES string of the molecule is Cc1cc(C(=O)NC2CCN(C(C)C)CC2)ccc1-c1ccc(C[C@H](NC(=O)[C@H]2CC[C@H](CN)CC2)C(=O)Nc2ccc(-c3nn[nH]n3)c(F)c2)cc1.Cl. The van der Waals surface area contributed by atoms with Crippen molar-refractivity contribution in [2.75, 3.05) is 25.0 Å². The molecule has 2 heterocycles. The van der Waals surface area contributed by atoms with Crippen LogP contribution in [0.15, 0.2) is 60.7 Å². The zero-order valence-electron chi connectivity index (χ0n) is 31.1. The minimum Gasteiger partial charge on any atom is -0.349 e. The molecular weight excluding hydrogens is 709 g/mol. The highest BCUT2D eigenvalue weighted by Gasteiger charge is 2.30. The quantitative estimate of drug-likeness (QED) is 0.127. The summed E-state index contributed by atoms with van der Waals surface area (Å²) in [5.74, 6) is -0.990. The molecule has 6 N–H and O–H groups in total. The molecule has 1 saturated heterocycles. The molecule has 4 aromatic rings. The Balaban J connectivity index is 0.00000561. The second-order valence-electron chi connectivity index (χ2n) is 14.7. The number of hydrogen-bond donors (Lipinski definition) is 5. The number of H-pyrrole nitrogens is 1. The number of aryl methyl sites for hydroxylation is 1. The second kappa shape index (κ2) is 18.5. The number of rotatable bonds is 12. The van der Waals surface area contributed by atoms with Crippen molar-refractivity contribution >= 4 is 35.8 Å². The number of hydrogen-bond acceptors (Lipinski definition) is 8. The third kappa shape index (κ3) is 10.1. The summed E-state index contributed by atoms with van der Waals surface area (Å²) in [4.78, 5) is 42.7. The maximum Gasteiger partial charge on any atom is 0.251 e. The molecular formula is C40H51ClFN9O3. The Morgan fingerprint density at radius 2 is 1.65 bits per heavy atom. The first kappa shape index (κ1) is 40.5. The number of aromatic amines is 1. The fraction of sp³-hybridized carbons (Fsp3) is 0.450. The topological polar surface area (TPSA) is 171 Å². The lowest BCUT2D eigenvalue weighted by molar-refractivity contribution is -0.130. The summed E-state index contributed by atoms with van der Waals surface area (Å²) < 4.78 is 14.9. The van der Waals surface area contributed by atoms with E-state index in [0.717, 1.165) is 73.9 Å². The minimum absolute atomic E-state index is 0. The van der Waals surface area contributed by atoms with Crippen LogP contribution in [0.4, 0.5) is 10.1 Å². The highest BCUT2D eigenvalue weighted by Crippen LogP contribution is 2.29. The molecule has 1 atom stereocenters. The number of carbonyl (C=O) groups is 3. The van der Waals surface area contributed by atoms with Crippen LogP contribution < -0.4 is 21.7 Å². The van der Waals surface area contributed by atoms with Gasteiger partial charge in [0.15, 0.2) is 0 Å². The van der Waals surface area contributed by atoms with Crippen molar-refractivity contribution in [2.45, 2.75) is 83.8 Å². The predicted molar refractivity (Wildman–Crippen MR) is 209 cm³/mol. The number of halogens is 2. The van der Waals surface area contributed by atoms with Crippen molar-refractivity contribution in [3.05, 3.63) is 83.2 Å². The summed E-state index contributed by atoms with van der Waals surface area (Å²) in [6.45, 7) is 8.99. The molecule has 54 heavy (non-hydrogen) atoms. The number of anilines is 1. The van der Waals surface area contributed by atoms with E-state index in [4.69, 9.17) is 5.73 Å². The van der Waals surface area contributed by atoms with Crippen molar-refractivity contribution < 1.29 is 18.8 Å². The summed E-state index contributed by atoms with van der Waals surface area (Å²) in [5, 5.41) is 22.4. The first-order valence-electron chi connectivity index (χ1n) is 18.7. The van der Waals surface area contributed by atoms with Gasteiger partial charge in [0.2, 0.25) is 17.6 Å². The van der Waals surface area contributed by atoms with Gasteiger partial charge in [-0.3, -0.25) is 14.4 Å². The lowest BCUT2D eigenvalue weighted by Crippen LogP contribution is -2.48. The molecule has 1 aromatic heterocycles. The summed E-state index contributed by atoms with van der Waals surface area (Å²) in [5.41, 5.74) is 10.7. The summed E-state index contributed by atoms with van der Waals surface area (Å²) in [7, 11) is 0. The molecule has 0 bridgehead atoms. The van der Waals surface area contributed by atoms with E-state index >= 15 is 0 Å². The van der Waals surface area contributed by atoms with Crippen LogP contribution >= 0.6 is 12.4 Å². The van der Waals surface area contributed by atoms with Crippen LogP contribution in [0, 0.1) is 24.6 Å². The molecule has 0 spiro atoms. The van der Waals surface area contributed by atoms with Gasteiger partial charge in [-0.15, -0.1) is 22.6 Å². The monoisotopic (exact) mass is 759 g/mol. The van der Waals surface area contributed by atoms with E-state index in [-0.39, 0.29) is 59.7 Å². The van der Waals surface area contributed by atoms with Crippen LogP contribution in [-0.4, -0.2) is 81.0 Å². The van der Waals surface area contributed by atoms with Gasteiger partial charge in [-0.2, -0.15) is 5.21 Å². The lowest BCUT2D eigenvalue weighted by atomic mass is 9.81. The normalized spacial score (nSPS) is 18.4. The molecule has 14 heteroatoms. The van der Waals surface area contributed by atoms with E-state index in [9.17, 15) is 18.8 Å². The van der Waals surface area contributed by atoms with Crippen molar-refractivity contribution in [3.8, 4) is 22.5 Å². The molecule has 1 aliphatic heterocycles. The van der Waals surface area contributed by atoms with Gasteiger partial charge >= 0.3 is 0 Å². The smallest absolute Gasteiger partial charge is 0.251 e. The Hall–Kier alpha value is -4.72. The molecule has 3 aromatic carbocycles. The van der Waals surface area contributed by atoms with E-state index < -0.39 is 17.8 Å². The first-order chi connectivity index (χ1) is 25.6.